The first-order valence-corrected chi connectivity index (χ1v) is 6.41. The fraction of sp³-hybridized carbons (Fsp3) is 0.571. The van der Waals surface area contributed by atoms with Crippen LogP contribution in [0.5, 0.6) is 0 Å². The average Bonchev–Trinajstić information content (AvgIpc) is 2.71. The maximum Gasteiger partial charge on any atom is 0.0484 e. The highest BCUT2D eigenvalue weighted by Crippen LogP contribution is 2.26. The number of benzene rings is 1. The summed E-state index contributed by atoms with van der Waals surface area (Å²) in [4.78, 5) is 2.47. The number of ether oxygens (including phenoxy) is 1. The van der Waals surface area contributed by atoms with Crippen LogP contribution < -0.4 is 5.73 Å². The fourth-order valence-corrected chi connectivity index (χ4v) is 2.90. The van der Waals surface area contributed by atoms with Crippen LogP contribution in [0.15, 0.2) is 24.3 Å². The third-order valence-electron chi connectivity index (χ3n) is 3.93. The Morgan fingerprint density at radius 2 is 1.71 bits per heavy atom. The molecule has 0 aliphatic carbocycles. The number of hydrogen-bond donors (Lipinski definition) is 1. The Labute approximate surface area is 103 Å². The molecule has 0 spiro atoms. The third kappa shape index (κ3) is 2.37. The predicted octanol–water partition coefficient (Wildman–Crippen LogP) is 1.51. The molecule has 1 aromatic carbocycles. The second-order valence-corrected chi connectivity index (χ2v) is 5.39. The van der Waals surface area contributed by atoms with E-state index >= 15 is 0 Å². The van der Waals surface area contributed by atoms with Gasteiger partial charge in [-0.05, 0) is 24.0 Å². The van der Waals surface area contributed by atoms with Crippen molar-refractivity contribution in [2.24, 2.45) is 5.73 Å². The molecule has 3 rings (SSSR count). The quantitative estimate of drug-likeness (QED) is 0.840. The van der Waals surface area contributed by atoms with E-state index in [-0.39, 0.29) is 5.54 Å². The first kappa shape index (κ1) is 11.2. The van der Waals surface area contributed by atoms with Gasteiger partial charge < -0.3 is 10.5 Å². The summed E-state index contributed by atoms with van der Waals surface area (Å²) in [5.74, 6) is 0. The maximum absolute atomic E-state index is 6.45. The number of fused-ring (bicyclic) bond motifs is 1. The summed E-state index contributed by atoms with van der Waals surface area (Å²) in [6.45, 7) is 4.73. The van der Waals surface area contributed by atoms with Crippen molar-refractivity contribution in [1.82, 2.24) is 4.90 Å². The first-order chi connectivity index (χ1) is 8.25. The highest BCUT2D eigenvalue weighted by Gasteiger charge is 2.32. The molecule has 0 aromatic heterocycles. The fourth-order valence-electron chi connectivity index (χ4n) is 2.90. The number of nitrogens with two attached hydrogens (primary N) is 1. The molecule has 3 heteroatoms. The lowest BCUT2D eigenvalue weighted by atomic mass is 9.91. The standard InChI is InChI=1S/C14H20N2O/c15-14(5-7-17-8-6-14)11-16-9-12-3-1-2-4-13(12)10-16/h1-4H,5-11,15H2. The monoisotopic (exact) mass is 232 g/mol. The van der Waals surface area contributed by atoms with E-state index < -0.39 is 0 Å². The molecule has 0 bridgehead atoms. The maximum atomic E-state index is 6.45. The molecular weight excluding hydrogens is 212 g/mol. The third-order valence-corrected chi connectivity index (χ3v) is 3.93. The zero-order valence-electron chi connectivity index (χ0n) is 10.2. The molecule has 92 valence electrons. The van der Waals surface area contributed by atoms with Crippen LogP contribution in [0.25, 0.3) is 0 Å². The van der Waals surface area contributed by atoms with E-state index in [0.717, 1.165) is 45.7 Å². The molecule has 0 unspecified atom stereocenters. The molecular formula is C14H20N2O. The highest BCUT2D eigenvalue weighted by atomic mass is 16.5. The summed E-state index contributed by atoms with van der Waals surface area (Å²) in [6, 6.07) is 8.69. The number of rotatable bonds is 2. The molecule has 2 heterocycles. The average molecular weight is 232 g/mol. The van der Waals surface area contributed by atoms with Gasteiger partial charge in [-0.3, -0.25) is 4.90 Å². The lowest BCUT2D eigenvalue weighted by molar-refractivity contribution is 0.0371. The molecule has 3 nitrogen and oxygen atoms in total. The van der Waals surface area contributed by atoms with Crippen molar-refractivity contribution in [1.29, 1.82) is 0 Å². The Balaban J connectivity index is 1.65. The molecule has 1 fully saturated rings. The normalized spacial score (nSPS) is 23.6. The zero-order chi connectivity index (χ0) is 11.7. The molecule has 0 amide bonds. The minimum absolute atomic E-state index is 0.0414. The second kappa shape index (κ2) is 4.41. The minimum atomic E-state index is -0.0414. The Morgan fingerprint density at radius 1 is 1.12 bits per heavy atom. The van der Waals surface area contributed by atoms with Gasteiger partial charge in [0.1, 0.15) is 0 Å². The van der Waals surface area contributed by atoms with Crippen LogP contribution in [0.2, 0.25) is 0 Å². The largest absolute Gasteiger partial charge is 0.381 e. The molecule has 0 radical (unpaired) electrons. The van der Waals surface area contributed by atoms with Crippen molar-refractivity contribution in [3.8, 4) is 0 Å². The van der Waals surface area contributed by atoms with Crippen LogP contribution in [-0.2, 0) is 17.8 Å². The van der Waals surface area contributed by atoms with Gasteiger partial charge in [-0.1, -0.05) is 24.3 Å². The first-order valence-electron chi connectivity index (χ1n) is 6.41. The smallest absolute Gasteiger partial charge is 0.0484 e. The number of hydrogen-bond acceptors (Lipinski definition) is 3. The van der Waals surface area contributed by atoms with Crippen LogP contribution in [-0.4, -0.2) is 30.2 Å². The van der Waals surface area contributed by atoms with Gasteiger partial charge in [-0.2, -0.15) is 0 Å². The molecule has 0 atom stereocenters. The van der Waals surface area contributed by atoms with Crippen LogP contribution in [0.1, 0.15) is 24.0 Å². The van der Waals surface area contributed by atoms with Gasteiger partial charge in [0, 0.05) is 38.4 Å². The van der Waals surface area contributed by atoms with E-state index in [0.29, 0.717) is 0 Å². The summed E-state index contributed by atoms with van der Waals surface area (Å²) >= 11 is 0. The topological polar surface area (TPSA) is 38.5 Å². The SMILES string of the molecule is NC1(CN2Cc3ccccc3C2)CCOCC1. The van der Waals surface area contributed by atoms with Gasteiger partial charge >= 0.3 is 0 Å². The van der Waals surface area contributed by atoms with Crippen LogP contribution in [0.3, 0.4) is 0 Å². The summed E-state index contributed by atoms with van der Waals surface area (Å²) in [5, 5.41) is 0. The van der Waals surface area contributed by atoms with E-state index in [1.165, 1.54) is 11.1 Å². The molecule has 1 aromatic rings. The molecule has 1 saturated heterocycles. The van der Waals surface area contributed by atoms with Crippen molar-refractivity contribution in [3.63, 3.8) is 0 Å². The van der Waals surface area contributed by atoms with E-state index in [1.54, 1.807) is 0 Å². The molecule has 2 aliphatic heterocycles. The summed E-state index contributed by atoms with van der Waals surface area (Å²) < 4.78 is 5.39. The van der Waals surface area contributed by atoms with E-state index in [4.69, 9.17) is 10.5 Å². The Hall–Kier alpha value is -0.900. The summed E-state index contributed by atoms with van der Waals surface area (Å²) in [5.41, 5.74) is 9.33. The second-order valence-electron chi connectivity index (χ2n) is 5.39. The van der Waals surface area contributed by atoms with Crippen LogP contribution in [0, 0.1) is 0 Å². The molecule has 2 aliphatic rings. The van der Waals surface area contributed by atoms with Gasteiger partial charge in [0.2, 0.25) is 0 Å². The zero-order valence-corrected chi connectivity index (χ0v) is 10.2. The summed E-state index contributed by atoms with van der Waals surface area (Å²) in [7, 11) is 0. The van der Waals surface area contributed by atoms with Crippen molar-refractivity contribution in [2.45, 2.75) is 31.5 Å². The Kier molecular flexibility index (Phi) is 2.90. The van der Waals surface area contributed by atoms with Crippen LogP contribution >= 0.6 is 0 Å². The predicted molar refractivity (Wildman–Crippen MR) is 67.5 cm³/mol. The lowest BCUT2D eigenvalue weighted by Gasteiger charge is -2.36. The molecule has 2 N–H and O–H groups in total. The molecule has 17 heavy (non-hydrogen) atoms. The van der Waals surface area contributed by atoms with Crippen LogP contribution in [0.4, 0.5) is 0 Å². The van der Waals surface area contributed by atoms with Crippen molar-refractivity contribution < 1.29 is 4.74 Å². The Bertz CT molecular complexity index is 374. The molecule has 0 saturated carbocycles. The van der Waals surface area contributed by atoms with Gasteiger partial charge in [0.25, 0.3) is 0 Å². The number of nitrogens with zero attached hydrogens (tertiary/aromatic N) is 1. The Morgan fingerprint density at radius 3 is 2.29 bits per heavy atom. The highest BCUT2D eigenvalue weighted by molar-refractivity contribution is 5.30. The summed E-state index contributed by atoms with van der Waals surface area (Å²) in [6.07, 6.45) is 1.97. The van der Waals surface area contributed by atoms with Gasteiger partial charge in [0.05, 0.1) is 0 Å². The van der Waals surface area contributed by atoms with E-state index in [2.05, 4.69) is 29.2 Å². The van der Waals surface area contributed by atoms with Crippen molar-refractivity contribution in [2.75, 3.05) is 19.8 Å². The minimum Gasteiger partial charge on any atom is -0.381 e. The van der Waals surface area contributed by atoms with E-state index in [1.807, 2.05) is 0 Å². The van der Waals surface area contributed by atoms with E-state index in [9.17, 15) is 0 Å². The van der Waals surface area contributed by atoms with Gasteiger partial charge in [-0.15, -0.1) is 0 Å². The van der Waals surface area contributed by atoms with Gasteiger partial charge in [0.15, 0.2) is 0 Å². The van der Waals surface area contributed by atoms with Gasteiger partial charge in [-0.25, -0.2) is 0 Å². The van der Waals surface area contributed by atoms with Crippen molar-refractivity contribution in [3.05, 3.63) is 35.4 Å². The lowest BCUT2D eigenvalue weighted by Crippen LogP contribution is -2.52. The van der Waals surface area contributed by atoms with Crippen molar-refractivity contribution >= 4 is 0 Å².